The average molecular weight is 204 g/mol. The van der Waals surface area contributed by atoms with Gasteiger partial charge in [0.1, 0.15) is 0 Å². The number of hydrogen-bond donors (Lipinski definition) is 4. The summed E-state index contributed by atoms with van der Waals surface area (Å²) >= 11 is 0. The Balaban J connectivity index is 2.00. The molecule has 6 heteroatoms. The quantitative estimate of drug-likeness (QED) is 0.374. The van der Waals surface area contributed by atoms with Gasteiger partial charge in [-0.2, -0.15) is 0 Å². The third kappa shape index (κ3) is 7.19. The first kappa shape index (κ1) is 11.8. The van der Waals surface area contributed by atoms with Crippen molar-refractivity contribution >= 4 is 0 Å². The van der Waals surface area contributed by atoms with Crippen molar-refractivity contribution < 1.29 is 9.47 Å². The maximum Gasteiger partial charge on any atom is 0.0983 e. The fraction of sp³-hybridized carbons (Fsp3) is 1.00. The molecule has 0 atom stereocenters. The fourth-order valence-corrected chi connectivity index (χ4v) is 1.03. The molecule has 1 rings (SSSR count). The molecule has 0 unspecified atom stereocenters. The van der Waals surface area contributed by atoms with Gasteiger partial charge in [0.25, 0.3) is 0 Å². The van der Waals surface area contributed by atoms with Crippen LogP contribution in [0.5, 0.6) is 0 Å². The van der Waals surface area contributed by atoms with Crippen molar-refractivity contribution in [3.8, 4) is 0 Å². The standard InChI is InChI=1S/C8H20N4O2/c1-2-10-6-14-8-12-4-3-11-7-13-5-9-1/h9-12H,1-8H2. The predicted octanol–water partition coefficient (Wildman–Crippen LogP) is -1.78. The van der Waals surface area contributed by atoms with Crippen LogP contribution in [0.2, 0.25) is 0 Å². The molecule has 0 bridgehead atoms. The topological polar surface area (TPSA) is 66.6 Å². The second kappa shape index (κ2) is 9.32. The smallest absolute Gasteiger partial charge is 0.0983 e. The maximum absolute atomic E-state index is 5.27. The lowest BCUT2D eigenvalue weighted by atomic mass is 10.6. The lowest BCUT2D eigenvalue weighted by Gasteiger charge is -2.11. The molecule has 1 aliphatic heterocycles. The van der Waals surface area contributed by atoms with Gasteiger partial charge in [-0.15, -0.1) is 0 Å². The molecule has 1 heterocycles. The number of nitrogens with one attached hydrogen (secondary N) is 4. The van der Waals surface area contributed by atoms with Crippen LogP contribution in [0.15, 0.2) is 0 Å². The van der Waals surface area contributed by atoms with Gasteiger partial charge in [-0.05, 0) is 0 Å². The Morgan fingerprint density at radius 3 is 1.07 bits per heavy atom. The summed E-state index contributed by atoms with van der Waals surface area (Å²) < 4.78 is 10.5. The summed E-state index contributed by atoms with van der Waals surface area (Å²) in [5.41, 5.74) is 0. The minimum atomic E-state index is 0.586. The first-order chi connectivity index (χ1) is 7.00. The molecule has 4 N–H and O–H groups in total. The minimum Gasteiger partial charge on any atom is -0.351 e. The van der Waals surface area contributed by atoms with Gasteiger partial charge in [0.2, 0.25) is 0 Å². The molecule has 1 fully saturated rings. The normalized spacial score (nSPS) is 24.0. The van der Waals surface area contributed by atoms with E-state index in [1.165, 1.54) is 0 Å². The highest BCUT2D eigenvalue weighted by atomic mass is 16.5. The van der Waals surface area contributed by atoms with Gasteiger partial charge in [0, 0.05) is 26.2 Å². The highest BCUT2D eigenvalue weighted by molar-refractivity contribution is 4.48. The summed E-state index contributed by atoms with van der Waals surface area (Å²) in [5.74, 6) is 0. The highest BCUT2D eigenvalue weighted by Gasteiger charge is 1.92. The molecular formula is C8H20N4O2. The van der Waals surface area contributed by atoms with Crippen LogP contribution in [-0.2, 0) is 9.47 Å². The summed E-state index contributed by atoms with van der Waals surface area (Å²) in [6.45, 7) is 5.89. The predicted molar refractivity (Wildman–Crippen MR) is 53.6 cm³/mol. The molecular weight excluding hydrogens is 184 g/mol. The Hall–Kier alpha value is -0.240. The molecule has 0 radical (unpaired) electrons. The Labute approximate surface area is 84.7 Å². The fourth-order valence-electron chi connectivity index (χ4n) is 1.03. The third-order valence-electron chi connectivity index (χ3n) is 1.77. The third-order valence-corrected chi connectivity index (χ3v) is 1.77. The first-order valence-electron chi connectivity index (χ1n) is 4.98. The number of rotatable bonds is 0. The van der Waals surface area contributed by atoms with Gasteiger partial charge < -0.3 is 9.47 Å². The van der Waals surface area contributed by atoms with Crippen molar-refractivity contribution in [1.82, 2.24) is 21.3 Å². The minimum absolute atomic E-state index is 0.586. The lowest BCUT2D eigenvalue weighted by Crippen LogP contribution is -2.36. The number of ether oxygens (including phenoxy) is 2. The van der Waals surface area contributed by atoms with Gasteiger partial charge in [0.15, 0.2) is 0 Å². The van der Waals surface area contributed by atoms with Gasteiger partial charge in [-0.3, -0.25) is 21.3 Å². The Kier molecular flexibility index (Phi) is 7.88. The molecule has 0 spiro atoms. The Morgan fingerprint density at radius 2 is 0.786 bits per heavy atom. The summed E-state index contributed by atoms with van der Waals surface area (Å²) in [6, 6.07) is 0. The van der Waals surface area contributed by atoms with E-state index in [-0.39, 0.29) is 0 Å². The summed E-state index contributed by atoms with van der Waals surface area (Å²) in [7, 11) is 0. The van der Waals surface area contributed by atoms with Crippen LogP contribution < -0.4 is 21.3 Å². The van der Waals surface area contributed by atoms with Crippen molar-refractivity contribution in [2.45, 2.75) is 0 Å². The van der Waals surface area contributed by atoms with Crippen LogP contribution in [0.4, 0.5) is 0 Å². The van der Waals surface area contributed by atoms with Crippen molar-refractivity contribution in [3.05, 3.63) is 0 Å². The Bertz CT molecular complexity index is 72.6. The monoisotopic (exact) mass is 204 g/mol. The van der Waals surface area contributed by atoms with E-state index in [1.54, 1.807) is 0 Å². The number of hydrogen-bond acceptors (Lipinski definition) is 6. The van der Waals surface area contributed by atoms with Gasteiger partial charge in [0.05, 0.1) is 26.9 Å². The highest BCUT2D eigenvalue weighted by Crippen LogP contribution is 1.71. The molecule has 14 heavy (non-hydrogen) atoms. The van der Waals surface area contributed by atoms with Crippen LogP contribution in [0.1, 0.15) is 0 Å². The SMILES string of the molecule is C1CNCOCNCCNCOCN1. The second-order valence-electron chi connectivity index (χ2n) is 2.99. The molecule has 0 aromatic heterocycles. The first-order valence-corrected chi connectivity index (χ1v) is 4.98. The van der Waals surface area contributed by atoms with E-state index >= 15 is 0 Å². The largest absolute Gasteiger partial charge is 0.351 e. The van der Waals surface area contributed by atoms with Crippen molar-refractivity contribution in [2.75, 3.05) is 53.1 Å². The molecule has 0 amide bonds. The van der Waals surface area contributed by atoms with Crippen LogP contribution >= 0.6 is 0 Å². The van der Waals surface area contributed by atoms with E-state index in [2.05, 4.69) is 21.3 Å². The van der Waals surface area contributed by atoms with Crippen molar-refractivity contribution in [1.29, 1.82) is 0 Å². The van der Waals surface area contributed by atoms with Crippen LogP contribution in [-0.4, -0.2) is 53.1 Å². The average Bonchev–Trinajstić information content (AvgIpc) is 2.22. The Morgan fingerprint density at radius 1 is 0.500 bits per heavy atom. The van der Waals surface area contributed by atoms with Crippen molar-refractivity contribution in [3.63, 3.8) is 0 Å². The van der Waals surface area contributed by atoms with Crippen LogP contribution in [0, 0.1) is 0 Å². The maximum atomic E-state index is 5.27. The van der Waals surface area contributed by atoms with Gasteiger partial charge >= 0.3 is 0 Å². The molecule has 1 saturated heterocycles. The molecule has 0 aromatic rings. The van der Waals surface area contributed by atoms with Gasteiger partial charge in [-0.25, -0.2) is 0 Å². The molecule has 0 aliphatic carbocycles. The molecule has 84 valence electrons. The van der Waals surface area contributed by atoms with E-state index in [4.69, 9.17) is 9.47 Å². The molecule has 0 saturated carbocycles. The van der Waals surface area contributed by atoms with E-state index in [9.17, 15) is 0 Å². The van der Waals surface area contributed by atoms with Crippen molar-refractivity contribution in [2.24, 2.45) is 0 Å². The van der Waals surface area contributed by atoms with E-state index in [0.717, 1.165) is 26.2 Å². The summed E-state index contributed by atoms with van der Waals surface area (Å²) in [4.78, 5) is 0. The van der Waals surface area contributed by atoms with E-state index in [0.29, 0.717) is 26.9 Å². The zero-order valence-corrected chi connectivity index (χ0v) is 8.47. The van der Waals surface area contributed by atoms with E-state index < -0.39 is 0 Å². The van der Waals surface area contributed by atoms with Crippen LogP contribution in [0.25, 0.3) is 0 Å². The zero-order valence-electron chi connectivity index (χ0n) is 8.47. The summed E-state index contributed by atoms with van der Waals surface area (Å²) in [6.07, 6.45) is 0. The molecule has 0 aromatic carbocycles. The van der Waals surface area contributed by atoms with Crippen LogP contribution in [0.3, 0.4) is 0 Å². The summed E-state index contributed by atoms with van der Waals surface area (Å²) in [5, 5.41) is 12.6. The van der Waals surface area contributed by atoms with E-state index in [1.807, 2.05) is 0 Å². The van der Waals surface area contributed by atoms with Gasteiger partial charge in [-0.1, -0.05) is 0 Å². The molecule has 1 aliphatic rings. The zero-order chi connectivity index (χ0) is 9.90. The second-order valence-corrected chi connectivity index (χ2v) is 2.99. The lowest BCUT2D eigenvalue weighted by molar-refractivity contribution is 0.0846. The molecule has 6 nitrogen and oxygen atoms in total.